The molecule has 0 aromatic rings. The molecule has 0 radical (unpaired) electrons. The molecule has 0 bridgehead atoms. The molecule has 0 spiro atoms. The van der Waals surface area contributed by atoms with Gasteiger partial charge in [-0.3, -0.25) is 0 Å². The van der Waals surface area contributed by atoms with Gasteiger partial charge in [-0.25, -0.2) is 8.29 Å². The fourth-order valence-electron chi connectivity index (χ4n) is 1.11. The van der Waals surface area contributed by atoms with Crippen molar-refractivity contribution in [1.82, 2.24) is 0 Å². The average Bonchev–Trinajstić information content (AvgIpc) is 2.03. The lowest BCUT2D eigenvalue weighted by atomic mass is 10.4. The van der Waals surface area contributed by atoms with Crippen LogP contribution in [-0.2, 0) is 0 Å². The maximum absolute atomic E-state index is 10.2. The Morgan fingerprint density at radius 1 is 0.857 bits per heavy atom. The highest BCUT2D eigenvalue weighted by molar-refractivity contribution is 8.67. The zero-order valence-corrected chi connectivity index (χ0v) is 10.2. The van der Waals surface area contributed by atoms with Gasteiger partial charge >= 0.3 is 0 Å². The van der Waals surface area contributed by atoms with Gasteiger partial charge in [0.25, 0.3) is 0 Å². The van der Waals surface area contributed by atoms with Crippen molar-refractivity contribution in [3.05, 3.63) is 47.0 Å². The third kappa shape index (κ3) is 2.32. The molecule has 0 aromatic carbocycles. The molecule has 1 heterocycles. The van der Waals surface area contributed by atoms with E-state index in [-0.39, 0.29) is 0 Å². The first kappa shape index (κ1) is 11.2. The Kier molecular flexibility index (Phi) is 2.05. The largest absolute Gasteiger partial charge is 0.505 e. The number of allylic oxidation sites excluding steroid dienone is 6. The van der Waals surface area contributed by atoms with Gasteiger partial charge in [-0.1, -0.05) is 35.8 Å². The van der Waals surface area contributed by atoms with Crippen LogP contribution >= 0.6 is 8.29 Å². The average molecular weight is 212 g/mol. The van der Waals surface area contributed by atoms with Crippen LogP contribution in [0.3, 0.4) is 0 Å². The summed E-state index contributed by atoms with van der Waals surface area (Å²) in [5.74, 6) is 0. The summed E-state index contributed by atoms with van der Waals surface area (Å²) in [6.07, 6.45) is 20.1. The van der Waals surface area contributed by atoms with Crippen LogP contribution in [0, 0.1) is 0 Å². The Morgan fingerprint density at radius 2 is 1.36 bits per heavy atom. The second kappa shape index (κ2) is 2.57. The lowest BCUT2D eigenvalue weighted by Crippen LogP contribution is -2.30. The van der Waals surface area contributed by atoms with Crippen molar-refractivity contribution >= 4 is 8.29 Å². The SMILES string of the molecule is CS1(C)(C)(C)\C=C/C=C\C=C/C=C\1O. The molecular weight excluding hydrogens is 192 g/mol. The molecule has 0 amide bonds. The van der Waals surface area contributed by atoms with E-state index in [1.165, 1.54) is 0 Å². The molecule has 0 aliphatic carbocycles. The number of hydrogen-bond donors (Lipinski definition) is 1. The van der Waals surface area contributed by atoms with Crippen LogP contribution in [0.15, 0.2) is 47.0 Å². The molecule has 0 saturated heterocycles. The Labute approximate surface area is 85.8 Å². The third-order valence-electron chi connectivity index (χ3n) is 2.33. The second-order valence-electron chi connectivity index (χ2n) is 5.93. The number of hydrogen-bond acceptors (Lipinski definition) is 1. The zero-order valence-electron chi connectivity index (χ0n) is 9.40. The topological polar surface area (TPSA) is 20.2 Å². The Morgan fingerprint density at radius 3 is 2.00 bits per heavy atom. The van der Waals surface area contributed by atoms with E-state index in [4.69, 9.17) is 0 Å². The molecule has 0 atom stereocenters. The van der Waals surface area contributed by atoms with Crippen LogP contribution in [0.1, 0.15) is 0 Å². The Hall–Kier alpha value is -0.890. The fourth-order valence-corrected chi connectivity index (χ4v) is 2.75. The minimum absolute atomic E-state index is 0.473. The maximum atomic E-state index is 10.2. The fraction of sp³-hybridized carbons (Fsp3) is 0.333. The van der Waals surface area contributed by atoms with Gasteiger partial charge in [0, 0.05) is 0 Å². The summed E-state index contributed by atoms with van der Waals surface area (Å²) in [7, 11) is -2.58. The zero-order chi connectivity index (χ0) is 10.9. The number of aliphatic hydroxyl groups is 1. The molecule has 1 N–H and O–H groups in total. The van der Waals surface area contributed by atoms with E-state index in [0.29, 0.717) is 5.09 Å². The van der Waals surface area contributed by atoms with Gasteiger partial charge in [0.15, 0.2) is 0 Å². The molecule has 2 heteroatoms. The van der Waals surface area contributed by atoms with Crippen LogP contribution in [0.25, 0.3) is 0 Å². The lowest BCUT2D eigenvalue weighted by Gasteiger charge is -2.65. The molecule has 0 saturated carbocycles. The van der Waals surface area contributed by atoms with Crippen molar-refractivity contribution in [2.75, 3.05) is 25.0 Å². The molecule has 14 heavy (non-hydrogen) atoms. The molecule has 1 aliphatic heterocycles. The second-order valence-corrected chi connectivity index (χ2v) is 15.3. The van der Waals surface area contributed by atoms with Gasteiger partial charge in [0.2, 0.25) is 0 Å². The van der Waals surface area contributed by atoms with Crippen molar-refractivity contribution < 1.29 is 5.11 Å². The molecule has 80 valence electrons. The lowest BCUT2D eigenvalue weighted by molar-refractivity contribution is 0.451. The summed E-state index contributed by atoms with van der Waals surface area (Å²) >= 11 is 0. The van der Waals surface area contributed by atoms with Crippen molar-refractivity contribution in [2.45, 2.75) is 0 Å². The predicted octanol–water partition coefficient (Wildman–Crippen LogP) is 3.42. The van der Waals surface area contributed by atoms with E-state index in [0.717, 1.165) is 0 Å². The van der Waals surface area contributed by atoms with Crippen LogP contribution in [0.5, 0.6) is 0 Å². The summed E-state index contributed by atoms with van der Waals surface area (Å²) in [5, 5.41) is 12.8. The van der Waals surface area contributed by atoms with E-state index in [9.17, 15) is 5.11 Å². The first-order valence-electron chi connectivity index (χ1n) is 4.59. The molecule has 1 aliphatic rings. The smallest absolute Gasteiger partial charge is 0.122 e. The third-order valence-corrected chi connectivity index (χ3v) is 5.76. The molecule has 0 aromatic heterocycles. The molecule has 1 rings (SSSR count). The predicted molar refractivity (Wildman–Crippen MR) is 69.4 cm³/mol. The van der Waals surface area contributed by atoms with Crippen LogP contribution in [0.4, 0.5) is 0 Å². The van der Waals surface area contributed by atoms with E-state index in [1.807, 2.05) is 30.4 Å². The van der Waals surface area contributed by atoms with Crippen molar-refractivity contribution in [3.63, 3.8) is 0 Å². The van der Waals surface area contributed by atoms with Crippen LogP contribution < -0.4 is 0 Å². The molecule has 0 unspecified atom stereocenters. The molecule has 1 nitrogen and oxygen atoms in total. The summed E-state index contributed by atoms with van der Waals surface area (Å²) in [4.78, 5) is 0. The van der Waals surface area contributed by atoms with E-state index < -0.39 is 8.29 Å². The first-order chi connectivity index (χ1) is 6.14. The van der Waals surface area contributed by atoms with Gasteiger partial charge in [-0.2, -0.15) is 0 Å². The van der Waals surface area contributed by atoms with Gasteiger partial charge in [-0.15, -0.1) is 0 Å². The van der Waals surface area contributed by atoms with Gasteiger partial charge in [-0.05, 0) is 31.1 Å². The number of rotatable bonds is 0. The highest BCUT2D eigenvalue weighted by Crippen LogP contribution is 2.84. The summed E-state index contributed by atoms with van der Waals surface area (Å²) in [5.41, 5.74) is 0. The van der Waals surface area contributed by atoms with E-state index in [1.54, 1.807) is 6.08 Å². The maximum Gasteiger partial charge on any atom is 0.122 e. The normalized spacial score (nSPS) is 42.7. The Bertz CT molecular complexity index is 360. The minimum Gasteiger partial charge on any atom is -0.505 e. The van der Waals surface area contributed by atoms with Crippen molar-refractivity contribution in [1.29, 1.82) is 0 Å². The standard InChI is InChI=1S/C12H20OS/c1-14(2,3,4)11-9-7-5-6-8-10-12(14)13/h5-11,13H,1-4H3/b7-5-,8-6-,11-9-,12-10-. The summed E-state index contributed by atoms with van der Waals surface area (Å²) in [6, 6.07) is 0. The van der Waals surface area contributed by atoms with E-state index in [2.05, 4.69) is 30.4 Å². The van der Waals surface area contributed by atoms with Gasteiger partial charge in [0.1, 0.15) is 5.09 Å². The van der Waals surface area contributed by atoms with Crippen LogP contribution in [-0.4, -0.2) is 30.1 Å². The van der Waals surface area contributed by atoms with Crippen LogP contribution in [0.2, 0.25) is 0 Å². The van der Waals surface area contributed by atoms with E-state index >= 15 is 0 Å². The van der Waals surface area contributed by atoms with Gasteiger partial charge < -0.3 is 5.11 Å². The monoisotopic (exact) mass is 212 g/mol. The molecular formula is C12H20OS. The highest BCUT2D eigenvalue weighted by atomic mass is 32.4. The minimum atomic E-state index is -2.58. The quantitative estimate of drug-likeness (QED) is 0.652. The van der Waals surface area contributed by atoms with Gasteiger partial charge in [0.05, 0.1) is 0 Å². The van der Waals surface area contributed by atoms with Crippen molar-refractivity contribution in [2.24, 2.45) is 0 Å². The first-order valence-corrected chi connectivity index (χ1v) is 8.73. The highest BCUT2D eigenvalue weighted by Gasteiger charge is 2.44. The Balaban J connectivity index is 3.44. The summed E-state index contributed by atoms with van der Waals surface area (Å²) in [6.45, 7) is 0. The van der Waals surface area contributed by atoms with Crippen molar-refractivity contribution in [3.8, 4) is 0 Å². The molecule has 0 fully saturated rings. The summed E-state index contributed by atoms with van der Waals surface area (Å²) < 4.78 is 0. The number of aliphatic hydroxyl groups excluding tert-OH is 1.